The predicted molar refractivity (Wildman–Crippen MR) is 67.9 cm³/mol. The van der Waals surface area contributed by atoms with Crippen molar-refractivity contribution in [1.29, 1.82) is 0 Å². The number of ether oxygens (including phenoxy) is 2. The third-order valence-corrected chi connectivity index (χ3v) is 3.43. The van der Waals surface area contributed by atoms with Crippen molar-refractivity contribution in [1.82, 2.24) is 0 Å². The molecule has 2 nitrogen and oxygen atoms in total. The van der Waals surface area contributed by atoms with Crippen LogP contribution in [0.15, 0.2) is 22.7 Å². The van der Waals surface area contributed by atoms with Gasteiger partial charge in [0, 0.05) is 5.88 Å². The first-order valence-electron chi connectivity index (χ1n) is 5.34. The van der Waals surface area contributed by atoms with Gasteiger partial charge in [-0.1, -0.05) is 6.07 Å². The van der Waals surface area contributed by atoms with Gasteiger partial charge in [0.15, 0.2) is 6.79 Å². The second-order valence-corrected chi connectivity index (χ2v) is 5.10. The number of alkyl halides is 1. The summed E-state index contributed by atoms with van der Waals surface area (Å²) in [4.78, 5) is 0. The maximum atomic E-state index is 5.73. The fourth-order valence-electron chi connectivity index (χ4n) is 1.35. The van der Waals surface area contributed by atoms with E-state index in [9.17, 15) is 0 Å². The van der Waals surface area contributed by atoms with E-state index in [4.69, 9.17) is 21.1 Å². The van der Waals surface area contributed by atoms with Gasteiger partial charge in [0.1, 0.15) is 5.75 Å². The fraction of sp³-hybridized carbons (Fsp3) is 0.500. The zero-order chi connectivity index (χ0) is 11.4. The summed E-state index contributed by atoms with van der Waals surface area (Å²) in [5, 5.41) is 0. The molecular weight excluding hydrogens is 291 g/mol. The first kappa shape index (κ1) is 12.2. The van der Waals surface area contributed by atoms with Crippen LogP contribution in [0.25, 0.3) is 0 Å². The van der Waals surface area contributed by atoms with Gasteiger partial charge in [-0.05, 0) is 52.4 Å². The Labute approximate surface area is 109 Å². The maximum absolute atomic E-state index is 5.73. The van der Waals surface area contributed by atoms with E-state index < -0.39 is 0 Å². The van der Waals surface area contributed by atoms with Crippen LogP contribution in [0.1, 0.15) is 18.4 Å². The molecule has 1 aliphatic rings. The Hall–Kier alpha value is -0.250. The van der Waals surface area contributed by atoms with Crippen LogP contribution in [0, 0.1) is 5.92 Å². The van der Waals surface area contributed by atoms with Crippen LogP contribution in [-0.2, 0) is 10.6 Å². The van der Waals surface area contributed by atoms with Crippen LogP contribution in [-0.4, -0.2) is 13.4 Å². The third-order valence-electron chi connectivity index (χ3n) is 2.50. The zero-order valence-electron chi connectivity index (χ0n) is 8.92. The number of hydrogen-bond acceptors (Lipinski definition) is 2. The van der Waals surface area contributed by atoms with Gasteiger partial charge in [-0.15, -0.1) is 11.6 Å². The van der Waals surface area contributed by atoms with E-state index in [1.165, 1.54) is 12.8 Å². The fourth-order valence-corrected chi connectivity index (χ4v) is 2.06. The molecule has 0 amide bonds. The molecule has 1 aromatic carbocycles. The van der Waals surface area contributed by atoms with Crippen molar-refractivity contribution < 1.29 is 9.47 Å². The summed E-state index contributed by atoms with van der Waals surface area (Å²) in [6, 6.07) is 5.82. The molecule has 0 spiro atoms. The van der Waals surface area contributed by atoms with Gasteiger partial charge >= 0.3 is 0 Å². The van der Waals surface area contributed by atoms with Crippen molar-refractivity contribution >= 4 is 27.5 Å². The minimum Gasteiger partial charge on any atom is -0.466 e. The van der Waals surface area contributed by atoms with Crippen molar-refractivity contribution in [3.63, 3.8) is 0 Å². The lowest BCUT2D eigenvalue weighted by molar-refractivity contribution is 0.00956. The Morgan fingerprint density at radius 2 is 2.19 bits per heavy atom. The minimum absolute atomic E-state index is 0.315. The van der Waals surface area contributed by atoms with Crippen LogP contribution in [0.2, 0.25) is 0 Å². The molecule has 1 aliphatic carbocycles. The molecule has 1 fully saturated rings. The highest BCUT2D eigenvalue weighted by molar-refractivity contribution is 9.10. The second-order valence-electron chi connectivity index (χ2n) is 3.97. The summed E-state index contributed by atoms with van der Waals surface area (Å²) < 4.78 is 11.8. The summed E-state index contributed by atoms with van der Waals surface area (Å²) in [5.41, 5.74) is 1.07. The van der Waals surface area contributed by atoms with Crippen molar-refractivity contribution in [3.8, 4) is 5.75 Å². The molecule has 0 radical (unpaired) electrons. The summed E-state index contributed by atoms with van der Waals surface area (Å²) in [6.07, 6.45) is 2.60. The molecule has 0 saturated heterocycles. The number of halogens is 2. The average Bonchev–Trinajstić information content (AvgIpc) is 3.10. The van der Waals surface area contributed by atoms with Gasteiger partial charge < -0.3 is 9.47 Å². The number of rotatable bonds is 6. The van der Waals surface area contributed by atoms with Gasteiger partial charge in [-0.25, -0.2) is 0 Å². The Bertz CT molecular complexity index is 353. The summed E-state index contributed by atoms with van der Waals surface area (Å²) in [6.45, 7) is 1.13. The highest BCUT2D eigenvalue weighted by Crippen LogP contribution is 2.29. The highest BCUT2D eigenvalue weighted by Gasteiger charge is 2.21. The van der Waals surface area contributed by atoms with Gasteiger partial charge in [-0.2, -0.15) is 0 Å². The Morgan fingerprint density at radius 3 is 2.81 bits per heavy atom. The predicted octanol–water partition coefficient (Wildman–Crippen LogP) is 3.95. The van der Waals surface area contributed by atoms with Crippen molar-refractivity contribution in [2.75, 3.05) is 13.4 Å². The maximum Gasteiger partial charge on any atom is 0.189 e. The molecule has 1 saturated carbocycles. The lowest BCUT2D eigenvalue weighted by Crippen LogP contribution is -2.05. The van der Waals surface area contributed by atoms with Crippen LogP contribution >= 0.6 is 27.5 Å². The Morgan fingerprint density at radius 1 is 1.38 bits per heavy atom. The van der Waals surface area contributed by atoms with Gasteiger partial charge in [0.2, 0.25) is 0 Å². The van der Waals surface area contributed by atoms with E-state index in [2.05, 4.69) is 15.9 Å². The molecule has 0 aliphatic heterocycles. The molecule has 0 aromatic heterocycles. The van der Waals surface area contributed by atoms with E-state index >= 15 is 0 Å². The Balaban J connectivity index is 1.78. The smallest absolute Gasteiger partial charge is 0.189 e. The first-order chi connectivity index (χ1) is 7.79. The average molecular weight is 306 g/mol. The molecule has 2 rings (SSSR count). The van der Waals surface area contributed by atoms with E-state index in [1.807, 2.05) is 18.2 Å². The molecule has 0 unspecified atom stereocenters. The van der Waals surface area contributed by atoms with E-state index in [-0.39, 0.29) is 0 Å². The molecule has 88 valence electrons. The van der Waals surface area contributed by atoms with Crippen molar-refractivity contribution in [2.24, 2.45) is 5.92 Å². The quantitative estimate of drug-likeness (QED) is 0.450. The molecule has 0 N–H and O–H groups in total. The molecular formula is C12H14BrClO2. The number of hydrogen-bond donors (Lipinski definition) is 0. The Kier molecular flexibility index (Phi) is 4.50. The third kappa shape index (κ3) is 3.65. The van der Waals surface area contributed by atoms with E-state index in [1.54, 1.807) is 0 Å². The first-order valence-corrected chi connectivity index (χ1v) is 6.67. The van der Waals surface area contributed by atoms with Crippen LogP contribution < -0.4 is 4.74 Å². The van der Waals surface area contributed by atoms with E-state index in [0.717, 1.165) is 28.3 Å². The summed E-state index contributed by atoms with van der Waals surface area (Å²) in [7, 11) is 0. The van der Waals surface area contributed by atoms with Crippen LogP contribution in [0.3, 0.4) is 0 Å². The second kappa shape index (κ2) is 5.89. The largest absolute Gasteiger partial charge is 0.466 e. The molecule has 0 bridgehead atoms. The zero-order valence-corrected chi connectivity index (χ0v) is 11.3. The number of benzene rings is 1. The van der Waals surface area contributed by atoms with Gasteiger partial charge in [-0.3, -0.25) is 0 Å². The standard InChI is InChI=1S/C12H14BrClO2/c13-11-5-10(6-14)3-4-12(11)16-8-15-7-9-1-2-9/h3-5,9H,1-2,6-8H2. The van der Waals surface area contributed by atoms with Gasteiger partial charge in [0.25, 0.3) is 0 Å². The molecule has 0 heterocycles. The topological polar surface area (TPSA) is 18.5 Å². The summed E-state index contributed by atoms with van der Waals surface area (Å²) >= 11 is 9.18. The minimum atomic E-state index is 0.315. The normalized spacial score (nSPS) is 15.1. The lowest BCUT2D eigenvalue weighted by atomic mass is 10.2. The molecule has 1 aromatic rings. The van der Waals surface area contributed by atoms with Crippen LogP contribution in [0.4, 0.5) is 0 Å². The lowest BCUT2D eigenvalue weighted by Gasteiger charge is -2.09. The van der Waals surface area contributed by atoms with Gasteiger partial charge in [0.05, 0.1) is 11.1 Å². The highest BCUT2D eigenvalue weighted by atomic mass is 79.9. The van der Waals surface area contributed by atoms with Crippen LogP contribution in [0.5, 0.6) is 5.75 Å². The monoisotopic (exact) mass is 304 g/mol. The van der Waals surface area contributed by atoms with Crippen molar-refractivity contribution in [2.45, 2.75) is 18.7 Å². The summed E-state index contributed by atoms with van der Waals surface area (Å²) in [5.74, 6) is 2.08. The molecule has 0 atom stereocenters. The van der Waals surface area contributed by atoms with E-state index in [0.29, 0.717) is 12.7 Å². The SMILES string of the molecule is ClCc1ccc(OCOCC2CC2)c(Br)c1. The molecule has 4 heteroatoms. The van der Waals surface area contributed by atoms with Crippen molar-refractivity contribution in [3.05, 3.63) is 28.2 Å². The molecule has 16 heavy (non-hydrogen) atoms.